The second-order valence-electron chi connectivity index (χ2n) is 8.24. The van der Waals surface area contributed by atoms with Crippen molar-refractivity contribution in [1.82, 2.24) is 19.6 Å². The van der Waals surface area contributed by atoms with E-state index in [-0.39, 0.29) is 5.91 Å². The van der Waals surface area contributed by atoms with E-state index in [0.29, 0.717) is 42.9 Å². The van der Waals surface area contributed by atoms with Crippen LogP contribution in [0.5, 0.6) is 0 Å². The van der Waals surface area contributed by atoms with Crippen molar-refractivity contribution in [2.24, 2.45) is 0 Å². The summed E-state index contributed by atoms with van der Waals surface area (Å²) in [6, 6.07) is 5.41. The summed E-state index contributed by atoms with van der Waals surface area (Å²) in [6.07, 6.45) is 3.64. The van der Waals surface area contributed by atoms with Gasteiger partial charge in [-0.2, -0.15) is 9.29 Å². The van der Waals surface area contributed by atoms with Gasteiger partial charge in [0.1, 0.15) is 10.0 Å². The zero-order valence-electron chi connectivity index (χ0n) is 18.6. The fourth-order valence-electron chi connectivity index (χ4n) is 4.02. The lowest BCUT2D eigenvalue weighted by molar-refractivity contribution is -0.119. The van der Waals surface area contributed by atoms with Gasteiger partial charge in [-0.15, -0.1) is 11.3 Å². The number of carbonyl (C=O) groups excluding carboxylic acids is 1. The number of piperidine rings is 1. The number of anilines is 2. The van der Waals surface area contributed by atoms with Gasteiger partial charge in [0.05, 0.1) is 6.54 Å². The van der Waals surface area contributed by atoms with Crippen molar-refractivity contribution in [2.75, 3.05) is 49.1 Å². The van der Waals surface area contributed by atoms with Gasteiger partial charge in [-0.05, 0) is 38.3 Å². The summed E-state index contributed by atoms with van der Waals surface area (Å²) in [5.74, 6) is 1.50. The lowest BCUT2D eigenvalue weighted by Gasteiger charge is -2.34. The maximum absolute atomic E-state index is 13.1. The Morgan fingerprint density at radius 1 is 1.03 bits per heavy atom. The van der Waals surface area contributed by atoms with Crippen LogP contribution < -0.4 is 15.1 Å². The van der Waals surface area contributed by atoms with Gasteiger partial charge < -0.3 is 15.1 Å². The number of nitrogens with one attached hydrogen (secondary N) is 1. The average molecular weight is 479 g/mol. The molecular formula is C21H30N6O3S2. The van der Waals surface area contributed by atoms with Crippen molar-refractivity contribution in [3.63, 3.8) is 0 Å². The van der Waals surface area contributed by atoms with Gasteiger partial charge in [0.2, 0.25) is 11.9 Å². The van der Waals surface area contributed by atoms with Gasteiger partial charge in [0.15, 0.2) is 0 Å². The Kier molecular flexibility index (Phi) is 6.96. The van der Waals surface area contributed by atoms with Gasteiger partial charge >= 0.3 is 0 Å². The number of hydrogen-bond donors (Lipinski definition) is 1. The molecule has 2 aliphatic heterocycles. The largest absolute Gasteiger partial charge is 0.356 e. The van der Waals surface area contributed by atoms with E-state index in [9.17, 15) is 13.2 Å². The molecule has 2 aromatic heterocycles. The minimum absolute atomic E-state index is 0.138. The number of hydrogen-bond acceptors (Lipinski definition) is 8. The number of aryl methyl sites for hydroxylation is 1. The molecule has 32 heavy (non-hydrogen) atoms. The number of rotatable bonds is 6. The standard InChI is InChI=1S/C21H30N6O3S2/c1-16-14-19(25-8-4-3-5-9-25)24-21(23-16)26-10-12-27(13-11-26)32(29,30)20-7-6-18(31-20)15-22-17(2)28/h6-7,14H,3-5,8-13,15H2,1-2H3,(H,22,28). The summed E-state index contributed by atoms with van der Waals surface area (Å²) in [4.78, 5) is 25.7. The fraction of sp³-hybridized carbons (Fsp3) is 0.571. The Morgan fingerprint density at radius 2 is 1.75 bits per heavy atom. The van der Waals surface area contributed by atoms with Crippen molar-refractivity contribution in [2.45, 2.75) is 43.9 Å². The molecule has 2 saturated heterocycles. The molecule has 11 heteroatoms. The number of sulfonamides is 1. The Bertz CT molecular complexity index is 1060. The highest BCUT2D eigenvalue weighted by atomic mass is 32.2. The van der Waals surface area contributed by atoms with E-state index >= 15 is 0 Å². The van der Waals surface area contributed by atoms with E-state index in [4.69, 9.17) is 4.98 Å². The lowest BCUT2D eigenvalue weighted by atomic mass is 10.1. The highest BCUT2D eigenvalue weighted by Crippen LogP contribution is 2.27. The monoisotopic (exact) mass is 478 g/mol. The topological polar surface area (TPSA) is 98.7 Å². The normalized spacial score (nSPS) is 18.1. The summed E-state index contributed by atoms with van der Waals surface area (Å²) in [6.45, 7) is 7.67. The van der Waals surface area contributed by atoms with Gasteiger partial charge in [0.25, 0.3) is 10.0 Å². The maximum Gasteiger partial charge on any atom is 0.252 e. The first kappa shape index (κ1) is 22.9. The van der Waals surface area contributed by atoms with Gasteiger partial charge in [-0.25, -0.2) is 13.4 Å². The van der Waals surface area contributed by atoms with E-state index in [1.807, 2.05) is 13.0 Å². The summed E-state index contributed by atoms with van der Waals surface area (Å²) < 4.78 is 28.0. The van der Waals surface area contributed by atoms with Crippen LogP contribution in [0.1, 0.15) is 36.8 Å². The van der Waals surface area contributed by atoms with Crippen LogP contribution in [-0.2, 0) is 21.4 Å². The summed E-state index contributed by atoms with van der Waals surface area (Å²) in [5, 5.41) is 2.70. The van der Waals surface area contributed by atoms with Gasteiger partial charge in [-0.3, -0.25) is 4.79 Å². The maximum atomic E-state index is 13.1. The van der Waals surface area contributed by atoms with Crippen molar-refractivity contribution < 1.29 is 13.2 Å². The molecule has 0 bridgehead atoms. The van der Waals surface area contributed by atoms with Gasteiger partial charge in [0, 0.05) is 62.8 Å². The van der Waals surface area contributed by atoms with E-state index in [2.05, 4.69) is 20.1 Å². The Labute approximate surface area is 193 Å². The van der Waals surface area contributed by atoms with Crippen molar-refractivity contribution in [1.29, 1.82) is 0 Å². The molecule has 1 N–H and O–H groups in total. The molecule has 9 nitrogen and oxygen atoms in total. The van der Waals surface area contributed by atoms with Crippen molar-refractivity contribution >= 4 is 39.0 Å². The number of piperazine rings is 1. The molecule has 2 aromatic rings. The minimum atomic E-state index is -3.56. The molecule has 1 amide bonds. The van der Waals surface area contributed by atoms with E-state index in [0.717, 1.165) is 29.5 Å². The SMILES string of the molecule is CC(=O)NCc1ccc(S(=O)(=O)N2CCN(c3nc(C)cc(N4CCCCC4)n3)CC2)s1. The molecule has 0 aromatic carbocycles. The molecular weight excluding hydrogens is 448 g/mol. The summed E-state index contributed by atoms with van der Waals surface area (Å²) in [7, 11) is -3.56. The third-order valence-electron chi connectivity index (χ3n) is 5.77. The van der Waals surface area contributed by atoms with E-state index < -0.39 is 10.0 Å². The first-order valence-corrected chi connectivity index (χ1v) is 13.3. The first-order chi connectivity index (χ1) is 15.3. The molecule has 2 aliphatic rings. The van der Waals surface area contributed by atoms with Gasteiger partial charge in [-0.1, -0.05) is 0 Å². The summed E-state index contributed by atoms with van der Waals surface area (Å²) in [5.41, 5.74) is 0.927. The number of thiophene rings is 1. The van der Waals surface area contributed by atoms with E-state index in [1.165, 1.54) is 41.8 Å². The van der Waals surface area contributed by atoms with Crippen molar-refractivity contribution in [3.8, 4) is 0 Å². The lowest BCUT2D eigenvalue weighted by Crippen LogP contribution is -2.49. The predicted molar refractivity (Wildman–Crippen MR) is 126 cm³/mol. The number of aromatic nitrogens is 2. The van der Waals surface area contributed by atoms with Crippen LogP contribution in [0.2, 0.25) is 0 Å². The Morgan fingerprint density at radius 3 is 2.44 bits per heavy atom. The van der Waals surface area contributed by atoms with Crippen LogP contribution in [0.4, 0.5) is 11.8 Å². The van der Waals surface area contributed by atoms with E-state index in [1.54, 1.807) is 12.1 Å². The predicted octanol–water partition coefficient (Wildman–Crippen LogP) is 1.98. The highest BCUT2D eigenvalue weighted by molar-refractivity contribution is 7.91. The Balaban J connectivity index is 1.41. The van der Waals surface area contributed by atoms with Crippen LogP contribution in [0.3, 0.4) is 0 Å². The zero-order chi connectivity index (χ0) is 22.7. The number of amides is 1. The molecule has 0 unspecified atom stereocenters. The van der Waals surface area contributed by atoms with Crippen LogP contribution in [0.15, 0.2) is 22.4 Å². The second kappa shape index (κ2) is 9.72. The second-order valence-corrected chi connectivity index (χ2v) is 11.6. The van der Waals surface area contributed by atoms with Crippen LogP contribution in [0, 0.1) is 6.92 Å². The molecule has 4 heterocycles. The molecule has 0 aliphatic carbocycles. The average Bonchev–Trinajstić information content (AvgIpc) is 3.28. The molecule has 0 saturated carbocycles. The van der Waals surface area contributed by atoms with Crippen LogP contribution in [0.25, 0.3) is 0 Å². The zero-order valence-corrected chi connectivity index (χ0v) is 20.2. The van der Waals surface area contributed by atoms with Crippen molar-refractivity contribution in [3.05, 3.63) is 28.8 Å². The highest BCUT2D eigenvalue weighted by Gasteiger charge is 2.31. The molecule has 174 valence electrons. The quantitative estimate of drug-likeness (QED) is 0.678. The smallest absolute Gasteiger partial charge is 0.252 e. The third-order valence-corrected chi connectivity index (χ3v) is 9.22. The molecule has 4 rings (SSSR count). The molecule has 2 fully saturated rings. The van der Waals surface area contributed by atoms with Crippen LogP contribution >= 0.6 is 11.3 Å². The molecule has 0 spiro atoms. The minimum Gasteiger partial charge on any atom is -0.356 e. The molecule has 0 radical (unpaired) electrons. The number of carbonyl (C=O) groups is 1. The third kappa shape index (κ3) is 5.21. The fourth-order valence-corrected chi connectivity index (χ4v) is 6.89. The Hall–Kier alpha value is -2.24. The number of nitrogens with zero attached hydrogens (tertiary/aromatic N) is 5. The summed E-state index contributed by atoms with van der Waals surface area (Å²) >= 11 is 1.20. The first-order valence-electron chi connectivity index (χ1n) is 11.0. The molecule has 0 atom stereocenters. The van der Waals surface area contributed by atoms with Crippen LogP contribution in [-0.4, -0.2) is 67.9 Å².